The van der Waals surface area contributed by atoms with Crippen LogP contribution in [-0.2, 0) is 0 Å². The topological polar surface area (TPSA) is 18.5 Å². The summed E-state index contributed by atoms with van der Waals surface area (Å²) in [6.07, 6.45) is 0. The number of anilines is 1. The second kappa shape index (κ2) is 4.36. The molecule has 1 heterocycles. The Hall–Kier alpha value is -1.48. The molecule has 0 bridgehead atoms. The van der Waals surface area contributed by atoms with Crippen molar-refractivity contribution >= 4 is 5.69 Å². The lowest BCUT2D eigenvalue weighted by Crippen LogP contribution is -2.49. The Morgan fingerprint density at radius 1 is 1.33 bits per heavy atom. The maximum atomic E-state index is 4.06. The minimum atomic E-state index is 0.872. The van der Waals surface area contributed by atoms with Gasteiger partial charge in [-0.25, -0.2) is 0 Å². The van der Waals surface area contributed by atoms with E-state index in [1.165, 1.54) is 5.69 Å². The highest BCUT2D eigenvalue weighted by Crippen LogP contribution is 2.17. The van der Waals surface area contributed by atoms with Gasteiger partial charge < -0.3 is 5.32 Å². The normalized spacial score (nSPS) is 16.6. The number of rotatable bonds is 2. The minimum Gasteiger partial charge on any atom is -0.309 e. The van der Waals surface area contributed by atoms with Gasteiger partial charge in [0.25, 0.3) is 0 Å². The third-order valence-electron chi connectivity index (χ3n) is 2.69. The summed E-state index contributed by atoms with van der Waals surface area (Å²) in [6.45, 7) is 6.92. The maximum absolute atomic E-state index is 4.06. The van der Waals surface area contributed by atoms with Crippen LogP contribution in [0.1, 0.15) is 0 Å². The van der Waals surface area contributed by atoms with Gasteiger partial charge in [-0.05, 0) is 12.1 Å². The zero-order chi connectivity index (χ0) is 10.7. The molecule has 15 heavy (non-hydrogen) atoms. The molecular weight excluding hydrogens is 186 g/mol. The van der Waals surface area contributed by atoms with Crippen LogP contribution in [0, 0.1) is 0 Å². The van der Waals surface area contributed by atoms with Crippen molar-refractivity contribution < 1.29 is 0 Å². The van der Waals surface area contributed by atoms with Gasteiger partial charge in [0.1, 0.15) is 0 Å². The maximum Gasteiger partial charge on any atom is 0.0570 e. The average molecular weight is 203 g/mol. The van der Waals surface area contributed by atoms with E-state index in [9.17, 15) is 0 Å². The molecule has 1 N–H and O–H groups in total. The summed E-state index contributed by atoms with van der Waals surface area (Å²) < 4.78 is 0. The van der Waals surface area contributed by atoms with E-state index in [1.54, 1.807) is 0 Å². The van der Waals surface area contributed by atoms with Crippen LogP contribution in [-0.4, -0.2) is 31.7 Å². The third-order valence-corrected chi connectivity index (χ3v) is 2.69. The van der Waals surface area contributed by atoms with Crippen molar-refractivity contribution in [3.05, 3.63) is 42.6 Å². The van der Waals surface area contributed by atoms with Crippen LogP contribution >= 0.6 is 0 Å². The van der Waals surface area contributed by atoms with Gasteiger partial charge >= 0.3 is 0 Å². The first kappa shape index (κ1) is 10.1. The molecule has 1 aliphatic rings. The van der Waals surface area contributed by atoms with Crippen molar-refractivity contribution in [1.82, 2.24) is 10.3 Å². The molecule has 0 amide bonds. The van der Waals surface area contributed by atoms with Crippen LogP contribution in [0.5, 0.6) is 0 Å². The SMILES string of the molecule is C=C1CNCCN1N(C)c1ccccc1. The highest BCUT2D eigenvalue weighted by atomic mass is 15.6. The molecule has 3 nitrogen and oxygen atoms in total. The molecule has 0 aliphatic carbocycles. The second-order valence-electron chi connectivity index (χ2n) is 3.73. The minimum absolute atomic E-state index is 0.872. The van der Waals surface area contributed by atoms with Crippen LogP contribution < -0.4 is 10.3 Å². The largest absolute Gasteiger partial charge is 0.309 e. The van der Waals surface area contributed by atoms with E-state index in [2.05, 4.69) is 53.2 Å². The van der Waals surface area contributed by atoms with Crippen LogP contribution in [0.3, 0.4) is 0 Å². The van der Waals surface area contributed by atoms with Crippen molar-refractivity contribution in [2.75, 3.05) is 31.7 Å². The molecule has 3 heteroatoms. The van der Waals surface area contributed by atoms with E-state index >= 15 is 0 Å². The fourth-order valence-corrected chi connectivity index (χ4v) is 1.81. The van der Waals surface area contributed by atoms with Crippen molar-refractivity contribution in [3.8, 4) is 0 Å². The number of hydrogen-bond donors (Lipinski definition) is 1. The van der Waals surface area contributed by atoms with E-state index in [4.69, 9.17) is 0 Å². The van der Waals surface area contributed by atoms with E-state index < -0.39 is 0 Å². The summed E-state index contributed by atoms with van der Waals surface area (Å²) in [7, 11) is 2.08. The van der Waals surface area contributed by atoms with Crippen LogP contribution in [0.15, 0.2) is 42.6 Å². The summed E-state index contributed by atoms with van der Waals surface area (Å²) >= 11 is 0. The fourth-order valence-electron chi connectivity index (χ4n) is 1.81. The van der Waals surface area contributed by atoms with Gasteiger partial charge in [0.05, 0.1) is 12.2 Å². The van der Waals surface area contributed by atoms with Gasteiger partial charge in [-0.2, -0.15) is 0 Å². The smallest absolute Gasteiger partial charge is 0.0570 e. The number of hydrazine groups is 1. The molecule has 1 aliphatic heterocycles. The molecule has 0 radical (unpaired) electrons. The molecule has 0 atom stereocenters. The molecule has 0 unspecified atom stereocenters. The summed E-state index contributed by atoms with van der Waals surface area (Å²) in [6, 6.07) is 10.3. The summed E-state index contributed by atoms with van der Waals surface area (Å²) in [5, 5.41) is 7.67. The highest BCUT2D eigenvalue weighted by Gasteiger charge is 2.16. The molecule has 0 spiro atoms. The zero-order valence-electron chi connectivity index (χ0n) is 9.11. The lowest BCUT2D eigenvalue weighted by molar-refractivity contribution is 0.294. The van der Waals surface area contributed by atoms with Crippen molar-refractivity contribution in [3.63, 3.8) is 0 Å². The second-order valence-corrected chi connectivity index (χ2v) is 3.73. The van der Waals surface area contributed by atoms with Crippen molar-refractivity contribution in [1.29, 1.82) is 0 Å². The number of benzene rings is 1. The Morgan fingerprint density at radius 2 is 2.07 bits per heavy atom. The fraction of sp³-hybridized carbons (Fsp3) is 0.333. The lowest BCUT2D eigenvalue weighted by Gasteiger charge is -2.39. The zero-order valence-corrected chi connectivity index (χ0v) is 9.11. The number of nitrogens with one attached hydrogen (secondary N) is 1. The van der Waals surface area contributed by atoms with Crippen LogP contribution in [0.2, 0.25) is 0 Å². The Kier molecular flexibility index (Phi) is 2.92. The molecule has 0 saturated carbocycles. The lowest BCUT2D eigenvalue weighted by atomic mass is 10.3. The Morgan fingerprint density at radius 3 is 2.73 bits per heavy atom. The van der Waals surface area contributed by atoms with Gasteiger partial charge in [-0.3, -0.25) is 10.0 Å². The number of para-hydroxylation sites is 1. The summed E-state index contributed by atoms with van der Waals surface area (Å²) in [4.78, 5) is 0. The van der Waals surface area contributed by atoms with E-state index in [0.29, 0.717) is 0 Å². The van der Waals surface area contributed by atoms with Crippen molar-refractivity contribution in [2.45, 2.75) is 0 Å². The van der Waals surface area contributed by atoms with Gasteiger partial charge in [-0.15, -0.1) is 0 Å². The van der Waals surface area contributed by atoms with Gasteiger partial charge in [0.15, 0.2) is 0 Å². The van der Waals surface area contributed by atoms with Crippen LogP contribution in [0.25, 0.3) is 0 Å². The van der Waals surface area contributed by atoms with Gasteiger partial charge in [-0.1, -0.05) is 24.8 Å². The summed E-state index contributed by atoms with van der Waals surface area (Å²) in [5.74, 6) is 0. The molecular formula is C12H17N3. The third kappa shape index (κ3) is 2.13. The quantitative estimate of drug-likeness (QED) is 0.785. The van der Waals surface area contributed by atoms with Crippen LogP contribution in [0.4, 0.5) is 5.69 Å². The van der Waals surface area contributed by atoms with Gasteiger partial charge in [0.2, 0.25) is 0 Å². The van der Waals surface area contributed by atoms with E-state index in [0.717, 1.165) is 25.3 Å². The highest BCUT2D eigenvalue weighted by molar-refractivity contribution is 5.44. The Balaban J connectivity index is 2.13. The predicted molar refractivity (Wildman–Crippen MR) is 63.6 cm³/mol. The summed E-state index contributed by atoms with van der Waals surface area (Å²) in [5.41, 5.74) is 2.31. The number of hydrogen-bond acceptors (Lipinski definition) is 3. The number of nitrogens with zero attached hydrogens (tertiary/aromatic N) is 2. The monoisotopic (exact) mass is 203 g/mol. The molecule has 1 aromatic rings. The Labute approximate surface area is 91.0 Å². The average Bonchev–Trinajstić information content (AvgIpc) is 2.30. The molecule has 1 aromatic carbocycles. The molecule has 80 valence electrons. The number of piperazine rings is 1. The molecule has 1 saturated heterocycles. The first-order valence-corrected chi connectivity index (χ1v) is 5.24. The first-order valence-electron chi connectivity index (χ1n) is 5.24. The van der Waals surface area contributed by atoms with Gasteiger partial charge in [0, 0.05) is 25.8 Å². The van der Waals surface area contributed by atoms with E-state index in [1.807, 2.05) is 6.07 Å². The molecule has 0 aromatic heterocycles. The van der Waals surface area contributed by atoms with E-state index in [-0.39, 0.29) is 0 Å². The molecule has 2 rings (SSSR count). The standard InChI is InChI=1S/C12H17N3/c1-11-10-13-8-9-15(11)14(2)12-6-4-3-5-7-12/h3-7,13H,1,8-10H2,2H3. The molecule has 1 fully saturated rings. The van der Waals surface area contributed by atoms with Crippen molar-refractivity contribution in [2.24, 2.45) is 0 Å². The first-order chi connectivity index (χ1) is 7.29. The predicted octanol–water partition coefficient (Wildman–Crippen LogP) is 1.46. The Bertz CT molecular complexity index is 334.